The summed E-state index contributed by atoms with van der Waals surface area (Å²) >= 11 is 0. The van der Waals surface area contributed by atoms with Crippen LogP contribution < -0.4 is 14.8 Å². The van der Waals surface area contributed by atoms with Gasteiger partial charge in [0.2, 0.25) is 0 Å². The number of methoxy groups -OCH3 is 2. The molecule has 0 saturated carbocycles. The van der Waals surface area contributed by atoms with E-state index in [2.05, 4.69) is 23.3 Å². The molecular weight excluding hydrogens is 228 g/mol. The third kappa shape index (κ3) is 2.06. The quantitative estimate of drug-likeness (QED) is 0.900. The van der Waals surface area contributed by atoms with Crippen LogP contribution in [0.25, 0.3) is 10.9 Å². The van der Waals surface area contributed by atoms with Crippen LogP contribution in [0.4, 0.5) is 5.69 Å². The van der Waals surface area contributed by atoms with E-state index in [-0.39, 0.29) is 0 Å². The molecule has 18 heavy (non-hydrogen) atoms. The van der Waals surface area contributed by atoms with Gasteiger partial charge in [-0.25, -0.2) is 4.98 Å². The van der Waals surface area contributed by atoms with Crippen LogP contribution in [0, 0.1) is 0 Å². The molecule has 0 aliphatic heterocycles. The summed E-state index contributed by atoms with van der Waals surface area (Å²) in [5, 5.41) is 4.20. The summed E-state index contributed by atoms with van der Waals surface area (Å²) in [6.45, 7) is 2.09. The van der Waals surface area contributed by atoms with Crippen molar-refractivity contribution in [3.8, 4) is 11.5 Å². The first-order valence-corrected chi connectivity index (χ1v) is 5.96. The Morgan fingerprint density at radius 1 is 1.17 bits per heavy atom. The normalized spacial score (nSPS) is 10.4. The largest absolute Gasteiger partial charge is 0.497 e. The molecule has 0 bridgehead atoms. The number of nitrogens with zero attached hydrogens (tertiary/aromatic N) is 1. The van der Waals surface area contributed by atoms with Crippen LogP contribution >= 0.6 is 0 Å². The minimum atomic E-state index is 0.733. The monoisotopic (exact) mass is 246 g/mol. The first-order chi connectivity index (χ1) is 8.73. The van der Waals surface area contributed by atoms with Crippen LogP contribution in [0.2, 0.25) is 0 Å². The number of pyridine rings is 1. The maximum Gasteiger partial charge on any atom is 0.148 e. The minimum absolute atomic E-state index is 0.733. The molecule has 0 atom stereocenters. The van der Waals surface area contributed by atoms with Gasteiger partial charge in [0.25, 0.3) is 0 Å². The molecule has 1 N–H and O–H groups in total. The fourth-order valence-electron chi connectivity index (χ4n) is 1.98. The Morgan fingerprint density at radius 3 is 2.50 bits per heavy atom. The molecular formula is C14H18N2O2. The summed E-state index contributed by atoms with van der Waals surface area (Å²) in [6, 6.07) is 5.88. The zero-order valence-electron chi connectivity index (χ0n) is 11.2. The van der Waals surface area contributed by atoms with Crippen molar-refractivity contribution in [2.24, 2.45) is 0 Å². The van der Waals surface area contributed by atoms with Crippen LogP contribution in [-0.4, -0.2) is 26.3 Å². The van der Waals surface area contributed by atoms with E-state index in [1.165, 1.54) is 0 Å². The van der Waals surface area contributed by atoms with Crippen LogP contribution in [-0.2, 0) is 6.42 Å². The van der Waals surface area contributed by atoms with Gasteiger partial charge < -0.3 is 14.8 Å². The highest BCUT2D eigenvalue weighted by molar-refractivity contribution is 5.96. The molecule has 4 heteroatoms. The van der Waals surface area contributed by atoms with E-state index in [4.69, 9.17) is 9.47 Å². The minimum Gasteiger partial charge on any atom is -0.497 e. The smallest absolute Gasteiger partial charge is 0.148 e. The maximum absolute atomic E-state index is 5.40. The Kier molecular flexibility index (Phi) is 3.55. The molecule has 0 spiro atoms. The Labute approximate surface area is 107 Å². The fraction of sp³-hybridized carbons (Fsp3) is 0.357. The van der Waals surface area contributed by atoms with E-state index in [0.717, 1.165) is 40.2 Å². The highest BCUT2D eigenvalue weighted by Crippen LogP contribution is 2.34. The van der Waals surface area contributed by atoms with Gasteiger partial charge in [-0.1, -0.05) is 6.92 Å². The second-order valence-electron chi connectivity index (χ2n) is 3.99. The molecule has 0 fully saturated rings. The molecule has 0 unspecified atom stereocenters. The van der Waals surface area contributed by atoms with Crippen LogP contribution in [0.1, 0.15) is 12.6 Å². The number of aryl methyl sites for hydroxylation is 1. The molecule has 0 saturated heterocycles. The van der Waals surface area contributed by atoms with E-state index >= 15 is 0 Å². The van der Waals surface area contributed by atoms with Crippen molar-refractivity contribution in [3.63, 3.8) is 0 Å². The number of fused-ring (bicyclic) bond motifs is 1. The molecule has 2 rings (SSSR count). The summed E-state index contributed by atoms with van der Waals surface area (Å²) in [7, 11) is 5.20. The average Bonchev–Trinajstić information content (AvgIpc) is 2.44. The van der Waals surface area contributed by atoms with Crippen LogP contribution in [0.3, 0.4) is 0 Å². The highest BCUT2D eigenvalue weighted by Gasteiger charge is 2.11. The second-order valence-corrected chi connectivity index (χ2v) is 3.99. The van der Waals surface area contributed by atoms with Crippen molar-refractivity contribution in [1.82, 2.24) is 4.98 Å². The number of benzene rings is 1. The lowest BCUT2D eigenvalue weighted by Crippen LogP contribution is -1.98. The van der Waals surface area contributed by atoms with E-state index < -0.39 is 0 Å². The van der Waals surface area contributed by atoms with Crippen molar-refractivity contribution in [1.29, 1.82) is 0 Å². The molecule has 1 aromatic carbocycles. The van der Waals surface area contributed by atoms with Crippen LogP contribution in [0.5, 0.6) is 11.5 Å². The standard InChI is InChI=1S/C14H18N2O2/c1-5-9-6-12(15-2)11-7-10(17-3)8-13(18-4)14(11)16-9/h6-8H,5H2,1-4H3,(H,15,16). The molecule has 1 heterocycles. The highest BCUT2D eigenvalue weighted by atomic mass is 16.5. The van der Waals surface area contributed by atoms with Gasteiger partial charge in [-0.15, -0.1) is 0 Å². The third-order valence-corrected chi connectivity index (χ3v) is 2.99. The fourth-order valence-corrected chi connectivity index (χ4v) is 1.98. The zero-order valence-corrected chi connectivity index (χ0v) is 11.2. The van der Waals surface area contributed by atoms with Gasteiger partial charge in [0.1, 0.15) is 17.0 Å². The zero-order chi connectivity index (χ0) is 13.1. The number of aromatic nitrogens is 1. The van der Waals surface area contributed by atoms with Gasteiger partial charge in [0.05, 0.1) is 14.2 Å². The third-order valence-electron chi connectivity index (χ3n) is 2.99. The first kappa shape index (κ1) is 12.5. The van der Waals surface area contributed by atoms with E-state index in [1.807, 2.05) is 19.2 Å². The lowest BCUT2D eigenvalue weighted by Gasteiger charge is -2.13. The van der Waals surface area contributed by atoms with Crippen molar-refractivity contribution in [2.45, 2.75) is 13.3 Å². The molecule has 96 valence electrons. The first-order valence-electron chi connectivity index (χ1n) is 5.96. The molecule has 0 aliphatic rings. The summed E-state index contributed by atoms with van der Waals surface area (Å²) in [5.74, 6) is 1.50. The lowest BCUT2D eigenvalue weighted by molar-refractivity contribution is 0.397. The summed E-state index contributed by atoms with van der Waals surface area (Å²) in [4.78, 5) is 4.63. The van der Waals surface area contributed by atoms with Gasteiger partial charge in [0, 0.05) is 29.9 Å². The number of hydrogen-bond acceptors (Lipinski definition) is 4. The van der Waals surface area contributed by atoms with Gasteiger partial charge >= 0.3 is 0 Å². The average molecular weight is 246 g/mol. The summed E-state index contributed by atoms with van der Waals surface area (Å²) < 4.78 is 10.7. The van der Waals surface area contributed by atoms with Crippen molar-refractivity contribution < 1.29 is 9.47 Å². The number of rotatable bonds is 4. The molecule has 0 amide bonds. The second kappa shape index (κ2) is 5.12. The number of ether oxygens (including phenoxy) is 2. The van der Waals surface area contributed by atoms with E-state index in [1.54, 1.807) is 14.2 Å². The molecule has 0 radical (unpaired) electrons. The summed E-state index contributed by atoms with van der Waals surface area (Å²) in [6.07, 6.45) is 0.889. The predicted molar refractivity (Wildman–Crippen MR) is 73.8 cm³/mol. The summed E-state index contributed by atoms with van der Waals surface area (Å²) in [5.41, 5.74) is 2.94. The molecule has 2 aromatic rings. The van der Waals surface area contributed by atoms with Gasteiger partial charge in [0.15, 0.2) is 0 Å². The predicted octanol–water partition coefficient (Wildman–Crippen LogP) is 2.86. The Morgan fingerprint density at radius 2 is 1.94 bits per heavy atom. The van der Waals surface area contributed by atoms with Crippen molar-refractivity contribution in [2.75, 3.05) is 26.6 Å². The Balaban J connectivity index is 2.80. The van der Waals surface area contributed by atoms with E-state index in [0.29, 0.717) is 0 Å². The Hall–Kier alpha value is -1.97. The Bertz CT molecular complexity index is 516. The number of anilines is 1. The molecule has 0 aliphatic carbocycles. The molecule has 1 aromatic heterocycles. The van der Waals surface area contributed by atoms with Crippen molar-refractivity contribution >= 4 is 16.6 Å². The maximum atomic E-state index is 5.40. The van der Waals surface area contributed by atoms with E-state index in [9.17, 15) is 0 Å². The topological polar surface area (TPSA) is 43.4 Å². The van der Waals surface area contributed by atoms with Gasteiger partial charge in [-0.3, -0.25) is 0 Å². The van der Waals surface area contributed by atoms with Gasteiger partial charge in [-0.2, -0.15) is 0 Å². The van der Waals surface area contributed by atoms with Crippen LogP contribution in [0.15, 0.2) is 18.2 Å². The SMILES string of the molecule is CCc1cc(NC)c2cc(OC)cc(OC)c2n1. The number of nitrogens with one attached hydrogen (secondary N) is 1. The van der Waals surface area contributed by atoms with Crippen molar-refractivity contribution in [3.05, 3.63) is 23.9 Å². The van der Waals surface area contributed by atoms with Gasteiger partial charge in [-0.05, 0) is 18.6 Å². The lowest BCUT2D eigenvalue weighted by atomic mass is 10.1. The number of hydrogen-bond donors (Lipinski definition) is 1. The molecule has 4 nitrogen and oxygen atoms in total.